The minimum Gasteiger partial charge on any atom is -0.488 e. The maximum atomic E-state index is 11.5. The summed E-state index contributed by atoms with van der Waals surface area (Å²) in [6, 6.07) is 11.5. The predicted octanol–water partition coefficient (Wildman–Crippen LogP) is 4.60. The highest BCUT2D eigenvalue weighted by Crippen LogP contribution is 2.37. The number of thiophene rings is 1. The largest absolute Gasteiger partial charge is 0.488 e. The van der Waals surface area contributed by atoms with Crippen molar-refractivity contribution < 1.29 is 14.3 Å². The lowest BCUT2D eigenvalue weighted by atomic mass is 10.1. The molecule has 1 fully saturated rings. The van der Waals surface area contributed by atoms with Crippen LogP contribution < -0.4 is 15.0 Å². The lowest BCUT2D eigenvalue weighted by molar-refractivity contribution is -0.111. The van der Waals surface area contributed by atoms with Gasteiger partial charge in [-0.2, -0.15) is 0 Å². The number of carbonyl (C=O) groups is 1. The molecule has 8 nitrogen and oxygen atoms in total. The lowest BCUT2D eigenvalue weighted by Crippen LogP contribution is -2.36. The minimum atomic E-state index is -0.246. The number of nitrogens with zero attached hydrogens (tertiary/aromatic N) is 4. The van der Waals surface area contributed by atoms with Crippen molar-refractivity contribution in [1.82, 2.24) is 15.0 Å². The molecule has 0 radical (unpaired) electrons. The fraction of sp³-hybridized carbons (Fsp3) is 0.231. The number of amides is 1. The van der Waals surface area contributed by atoms with E-state index < -0.39 is 0 Å². The van der Waals surface area contributed by atoms with Gasteiger partial charge in [0.2, 0.25) is 5.91 Å². The Labute approximate surface area is 207 Å². The number of aromatic nitrogens is 3. The maximum Gasteiger partial charge on any atom is 0.247 e. The van der Waals surface area contributed by atoms with E-state index >= 15 is 0 Å². The first-order valence-electron chi connectivity index (χ1n) is 11.3. The van der Waals surface area contributed by atoms with Gasteiger partial charge < -0.3 is 19.7 Å². The Kier molecular flexibility index (Phi) is 6.69. The van der Waals surface area contributed by atoms with Crippen molar-refractivity contribution in [3.8, 4) is 17.0 Å². The second kappa shape index (κ2) is 10.2. The van der Waals surface area contributed by atoms with Gasteiger partial charge in [0.05, 0.1) is 34.8 Å². The quantitative estimate of drug-likeness (QED) is 0.381. The number of rotatable bonds is 7. The molecule has 0 atom stereocenters. The third-order valence-corrected chi connectivity index (χ3v) is 6.75. The van der Waals surface area contributed by atoms with Gasteiger partial charge in [-0.1, -0.05) is 6.58 Å². The molecule has 1 amide bonds. The van der Waals surface area contributed by atoms with Crippen LogP contribution in [0.15, 0.2) is 61.4 Å². The van der Waals surface area contributed by atoms with Crippen molar-refractivity contribution in [2.75, 3.05) is 36.5 Å². The van der Waals surface area contributed by atoms with Crippen LogP contribution in [-0.4, -0.2) is 47.2 Å². The zero-order valence-electron chi connectivity index (χ0n) is 19.4. The smallest absolute Gasteiger partial charge is 0.247 e. The van der Waals surface area contributed by atoms with Crippen LogP contribution in [0.1, 0.15) is 10.7 Å². The third kappa shape index (κ3) is 5.31. The zero-order chi connectivity index (χ0) is 24.2. The van der Waals surface area contributed by atoms with E-state index in [0.29, 0.717) is 25.5 Å². The van der Waals surface area contributed by atoms with Gasteiger partial charge in [0.25, 0.3) is 0 Å². The second-order valence-corrected chi connectivity index (χ2v) is 9.22. The number of anilines is 2. The highest BCUT2D eigenvalue weighted by Gasteiger charge is 2.19. The number of morpholine rings is 1. The van der Waals surface area contributed by atoms with Gasteiger partial charge in [-0.15, -0.1) is 11.3 Å². The summed E-state index contributed by atoms with van der Waals surface area (Å²) in [6.45, 7) is 8.83. The van der Waals surface area contributed by atoms with E-state index in [-0.39, 0.29) is 5.91 Å². The van der Waals surface area contributed by atoms with E-state index in [1.807, 2.05) is 31.5 Å². The van der Waals surface area contributed by atoms with Crippen LogP contribution in [0.4, 0.5) is 11.4 Å². The summed E-state index contributed by atoms with van der Waals surface area (Å²) in [7, 11) is 0. The molecule has 3 aromatic heterocycles. The Balaban J connectivity index is 1.41. The molecule has 5 rings (SSSR count). The molecule has 9 heteroatoms. The number of ether oxygens (including phenoxy) is 2. The van der Waals surface area contributed by atoms with Gasteiger partial charge >= 0.3 is 0 Å². The predicted molar refractivity (Wildman–Crippen MR) is 138 cm³/mol. The number of fused-ring (bicyclic) bond motifs is 1. The van der Waals surface area contributed by atoms with E-state index in [2.05, 4.69) is 38.9 Å². The molecule has 0 bridgehead atoms. The van der Waals surface area contributed by atoms with Gasteiger partial charge in [-0.05, 0) is 49.4 Å². The Bertz CT molecular complexity index is 1350. The summed E-state index contributed by atoms with van der Waals surface area (Å²) in [5, 5.41) is 2.73. The molecular formula is C26H25N5O3S. The van der Waals surface area contributed by atoms with E-state index in [1.54, 1.807) is 23.5 Å². The average molecular weight is 488 g/mol. The molecule has 1 aliphatic heterocycles. The summed E-state index contributed by atoms with van der Waals surface area (Å²) in [6.07, 6.45) is 4.87. The van der Waals surface area contributed by atoms with Gasteiger partial charge in [0, 0.05) is 41.6 Å². The Hall–Kier alpha value is -3.82. The molecule has 0 unspecified atom stereocenters. The molecule has 4 heterocycles. The highest BCUT2D eigenvalue weighted by molar-refractivity contribution is 7.19. The fourth-order valence-electron chi connectivity index (χ4n) is 3.82. The standard InChI is InChI=1S/C26H25N5O3S/c1-3-25(32)29-19-4-6-20(7-5-19)34-16-21-12-23-26(35-21)24(31-8-10-33-11-9-31)13-22(30-23)18-14-27-17(2)28-15-18/h3-7,12-15H,1,8-11,16H2,2H3,(H,29,32). The SMILES string of the molecule is C=CC(=O)Nc1ccc(OCc2cc3nc(-c4cnc(C)nc4)cc(N4CCOCC4)c3s2)cc1. The molecule has 0 saturated carbocycles. The number of carbonyl (C=O) groups excluding carboxylic acids is 1. The van der Waals surface area contributed by atoms with E-state index in [1.165, 1.54) is 6.08 Å². The molecule has 0 aliphatic carbocycles. The van der Waals surface area contributed by atoms with Crippen molar-refractivity contribution in [1.29, 1.82) is 0 Å². The Morgan fingerprint density at radius 3 is 2.66 bits per heavy atom. The highest BCUT2D eigenvalue weighted by atomic mass is 32.1. The minimum absolute atomic E-state index is 0.246. The van der Waals surface area contributed by atoms with Crippen LogP contribution in [-0.2, 0) is 16.1 Å². The summed E-state index contributed by atoms with van der Waals surface area (Å²) in [4.78, 5) is 28.5. The van der Waals surface area contributed by atoms with Crippen molar-refractivity contribution >= 4 is 38.8 Å². The van der Waals surface area contributed by atoms with Gasteiger partial charge in [-0.3, -0.25) is 4.79 Å². The number of benzene rings is 1. The monoisotopic (exact) mass is 487 g/mol. The van der Waals surface area contributed by atoms with Crippen LogP contribution in [0, 0.1) is 6.92 Å². The number of pyridine rings is 1. The molecule has 1 aliphatic rings. The van der Waals surface area contributed by atoms with Crippen LogP contribution in [0.5, 0.6) is 5.75 Å². The number of aryl methyl sites for hydroxylation is 1. The number of hydrogen-bond donors (Lipinski definition) is 1. The summed E-state index contributed by atoms with van der Waals surface area (Å²) in [5.41, 5.74) is 4.50. The fourth-order valence-corrected chi connectivity index (χ4v) is 4.87. The van der Waals surface area contributed by atoms with Crippen LogP contribution in [0.25, 0.3) is 21.5 Å². The Morgan fingerprint density at radius 1 is 1.20 bits per heavy atom. The van der Waals surface area contributed by atoms with Gasteiger partial charge in [0.15, 0.2) is 0 Å². The molecule has 1 N–H and O–H groups in total. The normalized spacial score (nSPS) is 13.6. The maximum absolute atomic E-state index is 11.5. The van der Waals surface area contributed by atoms with Crippen LogP contribution >= 0.6 is 11.3 Å². The van der Waals surface area contributed by atoms with Crippen molar-refractivity contribution in [2.45, 2.75) is 13.5 Å². The van der Waals surface area contributed by atoms with E-state index in [9.17, 15) is 4.79 Å². The van der Waals surface area contributed by atoms with Gasteiger partial charge in [0.1, 0.15) is 18.2 Å². The first kappa shape index (κ1) is 22.9. The molecule has 35 heavy (non-hydrogen) atoms. The van der Waals surface area contributed by atoms with Crippen molar-refractivity contribution in [3.63, 3.8) is 0 Å². The van der Waals surface area contributed by atoms with Crippen molar-refractivity contribution in [2.24, 2.45) is 0 Å². The molecule has 1 aromatic carbocycles. The molecule has 0 spiro atoms. The second-order valence-electron chi connectivity index (χ2n) is 8.08. The average Bonchev–Trinajstić information content (AvgIpc) is 3.31. The number of nitrogens with one attached hydrogen (secondary N) is 1. The van der Waals surface area contributed by atoms with Gasteiger partial charge in [-0.25, -0.2) is 15.0 Å². The first-order chi connectivity index (χ1) is 17.1. The summed E-state index contributed by atoms with van der Waals surface area (Å²) in [5.74, 6) is 1.20. The topological polar surface area (TPSA) is 89.5 Å². The summed E-state index contributed by atoms with van der Waals surface area (Å²) >= 11 is 1.69. The lowest BCUT2D eigenvalue weighted by Gasteiger charge is -2.29. The van der Waals surface area contributed by atoms with Crippen molar-refractivity contribution in [3.05, 3.63) is 72.1 Å². The molecular weight excluding hydrogens is 462 g/mol. The van der Waals surface area contributed by atoms with E-state index in [4.69, 9.17) is 14.5 Å². The van der Waals surface area contributed by atoms with Crippen LogP contribution in [0.2, 0.25) is 0 Å². The Morgan fingerprint density at radius 2 is 1.94 bits per heavy atom. The summed E-state index contributed by atoms with van der Waals surface area (Å²) < 4.78 is 12.7. The molecule has 4 aromatic rings. The third-order valence-electron chi connectivity index (χ3n) is 5.63. The zero-order valence-corrected chi connectivity index (χ0v) is 20.2. The molecule has 178 valence electrons. The molecule has 1 saturated heterocycles. The van der Waals surface area contributed by atoms with E-state index in [0.717, 1.165) is 56.7 Å². The number of hydrogen-bond acceptors (Lipinski definition) is 8. The first-order valence-corrected chi connectivity index (χ1v) is 12.1. The van der Waals surface area contributed by atoms with Crippen LogP contribution in [0.3, 0.4) is 0 Å².